The number of Topliss-reactive ketones (excluding diaryl/α,β-unsaturated/α-hetero) is 1. The van der Waals surface area contributed by atoms with Gasteiger partial charge in [-0.05, 0) is 42.5 Å². The van der Waals surface area contributed by atoms with Crippen LogP contribution in [0.5, 0.6) is 0 Å². The molecule has 1 aromatic carbocycles. The Morgan fingerprint density at radius 2 is 1.96 bits per heavy atom. The predicted molar refractivity (Wildman–Crippen MR) is 93.4 cm³/mol. The second-order valence-corrected chi connectivity index (χ2v) is 6.93. The number of urea groups is 1. The van der Waals surface area contributed by atoms with Crippen molar-refractivity contribution in [2.45, 2.75) is 12.8 Å². The van der Waals surface area contributed by atoms with Gasteiger partial charge in [-0.2, -0.15) is 0 Å². The lowest BCUT2D eigenvalue weighted by atomic mass is 9.92. The molecule has 0 saturated carbocycles. The maximum atomic E-state index is 12.3. The van der Waals surface area contributed by atoms with Gasteiger partial charge < -0.3 is 10.2 Å². The Labute approximate surface area is 144 Å². The van der Waals surface area contributed by atoms with E-state index in [0.29, 0.717) is 36.6 Å². The molecule has 1 saturated heterocycles. The van der Waals surface area contributed by atoms with Gasteiger partial charge >= 0.3 is 6.03 Å². The second-order valence-electron chi connectivity index (χ2n) is 5.54. The Balaban J connectivity index is 1.54. The first-order valence-electron chi connectivity index (χ1n) is 7.52. The Kier molecular flexibility index (Phi) is 4.98. The highest BCUT2D eigenvalue weighted by atomic mass is 35.5. The zero-order valence-corrected chi connectivity index (χ0v) is 14.1. The molecule has 0 radical (unpaired) electrons. The standard InChI is InChI=1S/C17H17ClN2O2S/c18-13-3-1-4-14(11-13)19-17(22)20-8-6-12(7-9-20)16(21)15-5-2-10-23-15/h1-5,10-12H,6-9H2,(H,19,22). The summed E-state index contributed by atoms with van der Waals surface area (Å²) in [6, 6.07) is 10.7. The van der Waals surface area contributed by atoms with E-state index in [1.165, 1.54) is 11.3 Å². The lowest BCUT2D eigenvalue weighted by molar-refractivity contribution is 0.0863. The number of likely N-dealkylation sites (tertiary alicyclic amines) is 1. The van der Waals surface area contributed by atoms with Crippen LogP contribution in [0.15, 0.2) is 41.8 Å². The van der Waals surface area contributed by atoms with Gasteiger partial charge in [-0.15, -0.1) is 11.3 Å². The van der Waals surface area contributed by atoms with Gasteiger partial charge in [-0.1, -0.05) is 23.7 Å². The van der Waals surface area contributed by atoms with Gasteiger partial charge in [-0.25, -0.2) is 4.79 Å². The third-order valence-electron chi connectivity index (χ3n) is 3.99. The van der Waals surface area contributed by atoms with Gasteiger partial charge in [0.25, 0.3) is 0 Å². The molecule has 2 aromatic rings. The molecular formula is C17H17ClN2O2S. The van der Waals surface area contributed by atoms with E-state index in [-0.39, 0.29) is 17.7 Å². The van der Waals surface area contributed by atoms with Crippen molar-refractivity contribution in [3.63, 3.8) is 0 Å². The number of piperidine rings is 1. The average Bonchev–Trinajstić information content (AvgIpc) is 3.09. The summed E-state index contributed by atoms with van der Waals surface area (Å²) in [6.07, 6.45) is 1.42. The van der Waals surface area contributed by atoms with E-state index < -0.39 is 0 Å². The fourth-order valence-corrected chi connectivity index (χ4v) is 3.67. The topological polar surface area (TPSA) is 49.4 Å². The number of hydrogen-bond acceptors (Lipinski definition) is 3. The minimum absolute atomic E-state index is 0.0175. The van der Waals surface area contributed by atoms with Crippen molar-refractivity contribution in [3.8, 4) is 0 Å². The van der Waals surface area contributed by atoms with E-state index in [2.05, 4.69) is 5.32 Å². The molecule has 23 heavy (non-hydrogen) atoms. The van der Waals surface area contributed by atoms with Crippen molar-refractivity contribution in [2.24, 2.45) is 5.92 Å². The summed E-state index contributed by atoms with van der Waals surface area (Å²) < 4.78 is 0. The molecule has 1 N–H and O–H groups in total. The predicted octanol–water partition coefficient (Wildman–Crippen LogP) is 4.53. The first-order chi connectivity index (χ1) is 11.1. The average molecular weight is 349 g/mol. The molecule has 0 atom stereocenters. The van der Waals surface area contributed by atoms with Gasteiger partial charge in [0.2, 0.25) is 0 Å². The van der Waals surface area contributed by atoms with E-state index in [4.69, 9.17) is 11.6 Å². The lowest BCUT2D eigenvalue weighted by Crippen LogP contribution is -2.42. The van der Waals surface area contributed by atoms with Crippen LogP contribution in [0.3, 0.4) is 0 Å². The molecule has 120 valence electrons. The molecular weight excluding hydrogens is 332 g/mol. The number of thiophene rings is 1. The number of amides is 2. The van der Waals surface area contributed by atoms with Gasteiger partial charge in [0.15, 0.2) is 5.78 Å². The number of nitrogens with one attached hydrogen (secondary N) is 1. The third-order valence-corrected chi connectivity index (χ3v) is 5.11. The fourth-order valence-electron chi connectivity index (χ4n) is 2.73. The minimum Gasteiger partial charge on any atom is -0.324 e. The summed E-state index contributed by atoms with van der Waals surface area (Å²) >= 11 is 7.40. The van der Waals surface area contributed by atoms with Crippen molar-refractivity contribution in [3.05, 3.63) is 51.7 Å². The normalized spacial score (nSPS) is 15.4. The molecule has 0 bridgehead atoms. The Morgan fingerprint density at radius 3 is 2.61 bits per heavy atom. The molecule has 6 heteroatoms. The van der Waals surface area contributed by atoms with Crippen molar-refractivity contribution in [2.75, 3.05) is 18.4 Å². The number of hydrogen-bond donors (Lipinski definition) is 1. The van der Waals surface area contributed by atoms with E-state index in [9.17, 15) is 9.59 Å². The van der Waals surface area contributed by atoms with Gasteiger partial charge in [0.05, 0.1) is 4.88 Å². The maximum Gasteiger partial charge on any atom is 0.321 e. The van der Waals surface area contributed by atoms with Crippen LogP contribution in [0, 0.1) is 5.92 Å². The van der Waals surface area contributed by atoms with Crippen LogP contribution < -0.4 is 5.32 Å². The molecule has 0 unspecified atom stereocenters. The Bertz CT molecular complexity index is 694. The van der Waals surface area contributed by atoms with Gasteiger partial charge in [0, 0.05) is 29.7 Å². The van der Waals surface area contributed by atoms with E-state index in [1.807, 2.05) is 17.5 Å². The first kappa shape index (κ1) is 16.0. The molecule has 1 aliphatic heterocycles. The lowest BCUT2D eigenvalue weighted by Gasteiger charge is -2.31. The Hall–Kier alpha value is -1.85. The van der Waals surface area contributed by atoms with Gasteiger partial charge in [0.1, 0.15) is 0 Å². The highest BCUT2D eigenvalue weighted by molar-refractivity contribution is 7.12. The number of carbonyl (C=O) groups is 2. The van der Waals surface area contributed by atoms with Crippen LogP contribution >= 0.6 is 22.9 Å². The van der Waals surface area contributed by atoms with Crippen LogP contribution in [0.4, 0.5) is 10.5 Å². The molecule has 1 aliphatic rings. The summed E-state index contributed by atoms with van der Waals surface area (Å²) in [6.45, 7) is 1.18. The third kappa shape index (κ3) is 3.92. The monoisotopic (exact) mass is 348 g/mol. The number of rotatable bonds is 3. The zero-order valence-electron chi connectivity index (χ0n) is 12.5. The second kappa shape index (κ2) is 7.15. The SMILES string of the molecule is O=C(c1cccs1)C1CCN(C(=O)Nc2cccc(Cl)c2)CC1. The molecule has 1 aromatic heterocycles. The number of carbonyl (C=O) groups excluding carboxylic acids is 2. The van der Waals surface area contributed by atoms with Crippen LogP contribution in [0.2, 0.25) is 5.02 Å². The molecule has 0 spiro atoms. The van der Waals surface area contributed by atoms with Gasteiger partial charge in [-0.3, -0.25) is 4.79 Å². The Morgan fingerprint density at radius 1 is 1.17 bits per heavy atom. The summed E-state index contributed by atoms with van der Waals surface area (Å²) in [5, 5.41) is 5.35. The highest BCUT2D eigenvalue weighted by Crippen LogP contribution is 2.24. The largest absolute Gasteiger partial charge is 0.324 e. The van der Waals surface area contributed by atoms with E-state index in [1.54, 1.807) is 29.2 Å². The molecule has 4 nitrogen and oxygen atoms in total. The highest BCUT2D eigenvalue weighted by Gasteiger charge is 2.28. The van der Waals surface area contributed by atoms with Crippen LogP contribution in [0.1, 0.15) is 22.5 Å². The van der Waals surface area contributed by atoms with Crippen molar-refractivity contribution < 1.29 is 9.59 Å². The number of ketones is 1. The summed E-state index contributed by atoms with van der Waals surface area (Å²) in [5.41, 5.74) is 0.680. The van der Waals surface area contributed by atoms with Crippen LogP contribution in [-0.2, 0) is 0 Å². The number of halogens is 1. The van der Waals surface area contributed by atoms with Crippen molar-refractivity contribution in [1.29, 1.82) is 0 Å². The molecule has 0 aliphatic carbocycles. The number of nitrogens with zero attached hydrogens (tertiary/aromatic N) is 1. The van der Waals surface area contributed by atoms with Crippen molar-refractivity contribution in [1.82, 2.24) is 4.90 Å². The first-order valence-corrected chi connectivity index (χ1v) is 8.78. The summed E-state index contributed by atoms with van der Waals surface area (Å²) in [4.78, 5) is 27.2. The molecule has 2 amide bonds. The zero-order chi connectivity index (χ0) is 16.2. The van der Waals surface area contributed by atoms with Crippen molar-refractivity contribution >= 4 is 40.4 Å². The van der Waals surface area contributed by atoms with Crippen LogP contribution in [-0.4, -0.2) is 29.8 Å². The summed E-state index contributed by atoms with van der Waals surface area (Å²) in [5.74, 6) is 0.221. The smallest absolute Gasteiger partial charge is 0.321 e. The molecule has 1 fully saturated rings. The maximum absolute atomic E-state index is 12.3. The number of anilines is 1. The van der Waals surface area contributed by atoms with Crippen LogP contribution in [0.25, 0.3) is 0 Å². The minimum atomic E-state index is -0.144. The molecule has 3 rings (SSSR count). The molecule has 2 heterocycles. The summed E-state index contributed by atoms with van der Waals surface area (Å²) in [7, 11) is 0. The number of benzene rings is 1. The quantitative estimate of drug-likeness (QED) is 0.828. The van der Waals surface area contributed by atoms with E-state index >= 15 is 0 Å². The fraction of sp³-hybridized carbons (Fsp3) is 0.294. The van der Waals surface area contributed by atoms with E-state index in [0.717, 1.165) is 4.88 Å².